The zero-order valence-corrected chi connectivity index (χ0v) is 16.2. The number of esters is 1. The largest absolute Gasteiger partial charge is 0.465 e. The number of rotatable bonds is 5. The highest BCUT2D eigenvalue weighted by molar-refractivity contribution is 7.89. The summed E-state index contributed by atoms with van der Waals surface area (Å²) in [5.41, 5.74) is 1.29. The maximum absolute atomic E-state index is 13.1. The Kier molecular flexibility index (Phi) is 6.26. The van der Waals surface area contributed by atoms with Crippen LogP contribution in [0.3, 0.4) is 0 Å². The number of carbonyl (C=O) groups excluding carboxylic acids is 1. The summed E-state index contributed by atoms with van der Waals surface area (Å²) in [5, 5.41) is 0. The molecular formula is C20H24N2O4S. The Hall–Kier alpha value is -2.22. The van der Waals surface area contributed by atoms with Crippen molar-refractivity contribution in [2.75, 3.05) is 33.3 Å². The summed E-state index contributed by atoms with van der Waals surface area (Å²) in [6.45, 7) is 3.11. The number of benzene rings is 2. The third kappa shape index (κ3) is 4.55. The van der Waals surface area contributed by atoms with Crippen molar-refractivity contribution in [2.45, 2.75) is 17.9 Å². The van der Waals surface area contributed by atoms with Crippen molar-refractivity contribution in [2.24, 2.45) is 0 Å². The predicted octanol–water partition coefficient (Wildman–Crippen LogP) is 2.37. The Bertz CT molecular complexity index is 884. The Morgan fingerprint density at radius 3 is 2.41 bits per heavy atom. The summed E-state index contributed by atoms with van der Waals surface area (Å²) in [6.07, 6.45) is 0.743. The van der Waals surface area contributed by atoms with Crippen molar-refractivity contribution in [1.29, 1.82) is 0 Å². The van der Waals surface area contributed by atoms with Crippen molar-refractivity contribution in [3.8, 4) is 0 Å². The fourth-order valence-electron chi connectivity index (χ4n) is 3.30. The molecule has 0 amide bonds. The number of ether oxygens (including phenoxy) is 1. The van der Waals surface area contributed by atoms with E-state index in [-0.39, 0.29) is 10.5 Å². The first kappa shape index (κ1) is 19.5. The molecule has 0 N–H and O–H groups in total. The Labute approximate surface area is 160 Å². The van der Waals surface area contributed by atoms with Crippen molar-refractivity contribution >= 4 is 16.0 Å². The van der Waals surface area contributed by atoms with Crippen LogP contribution >= 0.6 is 0 Å². The lowest BCUT2D eigenvalue weighted by molar-refractivity contribution is 0.0596. The Morgan fingerprint density at radius 1 is 0.963 bits per heavy atom. The zero-order valence-electron chi connectivity index (χ0n) is 15.4. The fraction of sp³-hybridized carbons (Fsp3) is 0.350. The standard InChI is InChI=1S/C20H24N2O4S/c1-26-20(23)18-10-5-6-11-19(18)27(24,25)22-13-7-12-21(14-15-22)16-17-8-3-2-4-9-17/h2-6,8-11H,7,12-16H2,1H3. The average molecular weight is 388 g/mol. The lowest BCUT2D eigenvalue weighted by atomic mass is 10.2. The molecule has 3 rings (SSSR count). The molecule has 1 aliphatic heterocycles. The first-order valence-corrected chi connectivity index (χ1v) is 10.4. The van der Waals surface area contributed by atoms with Gasteiger partial charge in [-0.15, -0.1) is 0 Å². The second-order valence-corrected chi connectivity index (χ2v) is 8.41. The molecule has 0 bridgehead atoms. The van der Waals surface area contributed by atoms with Crippen LogP contribution in [0.2, 0.25) is 0 Å². The van der Waals surface area contributed by atoms with Crippen molar-refractivity contribution in [1.82, 2.24) is 9.21 Å². The Morgan fingerprint density at radius 2 is 1.67 bits per heavy atom. The van der Waals surface area contributed by atoms with Crippen LogP contribution in [0.15, 0.2) is 59.5 Å². The van der Waals surface area contributed by atoms with Crippen LogP contribution in [-0.2, 0) is 21.3 Å². The first-order valence-electron chi connectivity index (χ1n) is 8.96. The van der Waals surface area contributed by atoms with Crippen LogP contribution < -0.4 is 0 Å². The first-order chi connectivity index (χ1) is 13.0. The van der Waals surface area contributed by atoms with E-state index in [1.165, 1.54) is 29.1 Å². The number of hydrogen-bond donors (Lipinski definition) is 0. The predicted molar refractivity (Wildman–Crippen MR) is 103 cm³/mol. The number of nitrogens with zero attached hydrogens (tertiary/aromatic N) is 2. The van der Waals surface area contributed by atoms with E-state index in [0.29, 0.717) is 19.6 Å². The van der Waals surface area contributed by atoms with Crippen LogP contribution in [0, 0.1) is 0 Å². The van der Waals surface area contributed by atoms with E-state index in [1.807, 2.05) is 18.2 Å². The minimum absolute atomic E-state index is 0.00774. The molecule has 1 saturated heterocycles. The SMILES string of the molecule is COC(=O)c1ccccc1S(=O)(=O)N1CCCN(Cc2ccccc2)CC1. The summed E-state index contributed by atoms with van der Waals surface area (Å²) >= 11 is 0. The van der Waals surface area contributed by atoms with Crippen LogP contribution in [0.25, 0.3) is 0 Å². The molecule has 144 valence electrons. The monoisotopic (exact) mass is 388 g/mol. The summed E-state index contributed by atoms with van der Waals surface area (Å²) in [6, 6.07) is 16.4. The average Bonchev–Trinajstić information content (AvgIpc) is 2.94. The third-order valence-corrected chi connectivity index (χ3v) is 6.66. The molecule has 7 heteroatoms. The van der Waals surface area contributed by atoms with Gasteiger partial charge in [0.25, 0.3) is 0 Å². The quantitative estimate of drug-likeness (QED) is 0.736. The highest BCUT2D eigenvalue weighted by Gasteiger charge is 2.30. The third-order valence-electron chi connectivity index (χ3n) is 4.71. The number of carbonyl (C=O) groups is 1. The van der Waals surface area contributed by atoms with Gasteiger partial charge in [0.1, 0.15) is 0 Å². The minimum atomic E-state index is -3.76. The van der Waals surface area contributed by atoms with E-state index in [0.717, 1.165) is 19.5 Å². The number of hydrogen-bond acceptors (Lipinski definition) is 5. The van der Waals surface area contributed by atoms with E-state index in [1.54, 1.807) is 12.1 Å². The molecule has 0 spiro atoms. The number of sulfonamides is 1. The Balaban J connectivity index is 1.76. The minimum Gasteiger partial charge on any atom is -0.465 e. The molecule has 0 unspecified atom stereocenters. The van der Waals surface area contributed by atoms with E-state index in [9.17, 15) is 13.2 Å². The molecule has 1 aliphatic rings. The summed E-state index contributed by atoms with van der Waals surface area (Å²) < 4.78 is 32.5. The second kappa shape index (κ2) is 8.65. The van der Waals surface area contributed by atoms with Gasteiger partial charge in [0.05, 0.1) is 17.6 Å². The summed E-state index contributed by atoms with van der Waals surface area (Å²) in [5.74, 6) is -0.644. The van der Waals surface area contributed by atoms with Gasteiger partial charge in [0.2, 0.25) is 10.0 Å². The van der Waals surface area contributed by atoms with Crippen molar-refractivity contribution in [3.63, 3.8) is 0 Å². The molecule has 0 saturated carbocycles. The van der Waals surface area contributed by atoms with E-state index >= 15 is 0 Å². The van der Waals surface area contributed by atoms with Crippen LogP contribution in [0.5, 0.6) is 0 Å². The highest BCUT2D eigenvalue weighted by atomic mass is 32.2. The van der Waals surface area contributed by atoms with Gasteiger partial charge in [-0.3, -0.25) is 4.90 Å². The second-order valence-electron chi connectivity index (χ2n) is 6.51. The molecule has 6 nitrogen and oxygen atoms in total. The topological polar surface area (TPSA) is 66.9 Å². The summed E-state index contributed by atoms with van der Waals surface area (Å²) in [7, 11) is -2.51. The van der Waals surface area contributed by atoms with Gasteiger partial charge in [-0.05, 0) is 30.7 Å². The van der Waals surface area contributed by atoms with Crippen molar-refractivity contribution in [3.05, 3.63) is 65.7 Å². The maximum Gasteiger partial charge on any atom is 0.339 e. The van der Waals surface area contributed by atoms with E-state index < -0.39 is 16.0 Å². The van der Waals surface area contributed by atoms with Crippen LogP contribution in [0.4, 0.5) is 0 Å². The molecule has 1 fully saturated rings. The molecule has 1 heterocycles. The smallest absolute Gasteiger partial charge is 0.339 e. The van der Waals surface area contributed by atoms with Crippen LogP contribution in [-0.4, -0.2) is 56.9 Å². The zero-order chi connectivity index (χ0) is 19.3. The lowest BCUT2D eigenvalue weighted by Crippen LogP contribution is -2.35. The van der Waals surface area contributed by atoms with Crippen molar-refractivity contribution < 1.29 is 17.9 Å². The van der Waals surface area contributed by atoms with Gasteiger partial charge in [0, 0.05) is 26.2 Å². The number of methoxy groups -OCH3 is 1. The van der Waals surface area contributed by atoms with Gasteiger partial charge in [0.15, 0.2) is 0 Å². The lowest BCUT2D eigenvalue weighted by Gasteiger charge is -2.22. The van der Waals surface area contributed by atoms with Gasteiger partial charge in [-0.1, -0.05) is 42.5 Å². The van der Waals surface area contributed by atoms with E-state index in [2.05, 4.69) is 17.0 Å². The normalized spacial score (nSPS) is 16.6. The van der Waals surface area contributed by atoms with Gasteiger partial charge < -0.3 is 4.74 Å². The fourth-order valence-corrected chi connectivity index (χ4v) is 4.95. The van der Waals surface area contributed by atoms with Crippen LogP contribution in [0.1, 0.15) is 22.3 Å². The van der Waals surface area contributed by atoms with Gasteiger partial charge in [-0.25, -0.2) is 13.2 Å². The molecule has 27 heavy (non-hydrogen) atoms. The molecule has 2 aromatic carbocycles. The van der Waals surface area contributed by atoms with E-state index in [4.69, 9.17) is 4.74 Å². The van der Waals surface area contributed by atoms with Gasteiger partial charge >= 0.3 is 5.97 Å². The molecule has 0 radical (unpaired) electrons. The molecule has 0 atom stereocenters. The maximum atomic E-state index is 13.1. The molecule has 0 aliphatic carbocycles. The molecule has 2 aromatic rings. The highest BCUT2D eigenvalue weighted by Crippen LogP contribution is 2.22. The summed E-state index contributed by atoms with van der Waals surface area (Å²) in [4.78, 5) is 14.2. The molecular weight excluding hydrogens is 364 g/mol. The van der Waals surface area contributed by atoms with Gasteiger partial charge in [-0.2, -0.15) is 4.31 Å². The molecule has 0 aromatic heterocycles.